The van der Waals surface area contributed by atoms with E-state index in [1.165, 1.54) is 19.2 Å². The van der Waals surface area contributed by atoms with E-state index in [4.69, 9.17) is 5.73 Å². The number of thioether (sulfide) groups is 1. The zero-order chi connectivity index (χ0) is 14.3. The van der Waals surface area contributed by atoms with Crippen molar-refractivity contribution < 1.29 is 14.5 Å². The standard InChI is InChI=1S/C12H16N2O4S/c1-18-12(15)11(13)8-19-7-6-9-2-4-10(5-3-9)14(16)17/h2-5,11H,6-8,13H2,1H3. The van der Waals surface area contributed by atoms with Crippen LogP contribution in [0, 0.1) is 10.1 Å². The lowest BCUT2D eigenvalue weighted by atomic mass is 10.1. The largest absolute Gasteiger partial charge is 0.468 e. The first kappa shape index (κ1) is 15.5. The van der Waals surface area contributed by atoms with Gasteiger partial charge in [0.1, 0.15) is 6.04 Å². The highest BCUT2D eigenvalue weighted by atomic mass is 32.2. The zero-order valence-corrected chi connectivity index (χ0v) is 11.4. The predicted octanol–water partition coefficient (Wildman–Crippen LogP) is 1.37. The molecule has 0 saturated heterocycles. The number of rotatable bonds is 7. The summed E-state index contributed by atoms with van der Waals surface area (Å²) < 4.78 is 4.52. The molecule has 19 heavy (non-hydrogen) atoms. The number of hydrogen-bond donors (Lipinski definition) is 1. The molecular weight excluding hydrogens is 268 g/mol. The summed E-state index contributed by atoms with van der Waals surface area (Å²) in [5.74, 6) is 0.880. The molecular formula is C12H16N2O4S. The molecule has 0 radical (unpaired) electrons. The number of nitro groups is 1. The van der Waals surface area contributed by atoms with E-state index < -0.39 is 16.9 Å². The topological polar surface area (TPSA) is 95.5 Å². The maximum absolute atomic E-state index is 11.1. The number of nitrogens with two attached hydrogens (primary N) is 1. The second kappa shape index (κ2) is 7.75. The van der Waals surface area contributed by atoms with Crippen molar-refractivity contribution in [2.24, 2.45) is 5.73 Å². The van der Waals surface area contributed by atoms with Crippen molar-refractivity contribution in [3.8, 4) is 0 Å². The molecule has 0 fully saturated rings. The molecule has 1 atom stereocenters. The molecule has 0 bridgehead atoms. The van der Waals surface area contributed by atoms with Crippen LogP contribution >= 0.6 is 11.8 Å². The summed E-state index contributed by atoms with van der Waals surface area (Å²) in [5, 5.41) is 10.5. The van der Waals surface area contributed by atoms with Crippen molar-refractivity contribution in [3.05, 3.63) is 39.9 Å². The van der Waals surface area contributed by atoms with Crippen molar-refractivity contribution in [3.63, 3.8) is 0 Å². The molecule has 104 valence electrons. The fourth-order valence-corrected chi connectivity index (χ4v) is 2.34. The molecule has 0 spiro atoms. The van der Waals surface area contributed by atoms with Gasteiger partial charge < -0.3 is 10.5 Å². The van der Waals surface area contributed by atoms with Gasteiger partial charge in [-0.1, -0.05) is 12.1 Å². The Morgan fingerprint density at radius 3 is 2.63 bits per heavy atom. The van der Waals surface area contributed by atoms with Gasteiger partial charge >= 0.3 is 5.97 Å². The average Bonchev–Trinajstić information content (AvgIpc) is 2.42. The summed E-state index contributed by atoms with van der Waals surface area (Å²) in [6, 6.07) is 5.84. The fourth-order valence-electron chi connectivity index (χ4n) is 1.40. The summed E-state index contributed by atoms with van der Waals surface area (Å²) in [6.07, 6.45) is 0.774. The summed E-state index contributed by atoms with van der Waals surface area (Å²) in [6.45, 7) is 0. The third kappa shape index (κ3) is 5.27. The first-order valence-electron chi connectivity index (χ1n) is 5.69. The molecule has 7 heteroatoms. The van der Waals surface area contributed by atoms with Gasteiger partial charge in [-0.05, 0) is 17.7 Å². The van der Waals surface area contributed by atoms with Crippen molar-refractivity contribution in [2.75, 3.05) is 18.6 Å². The summed E-state index contributed by atoms with van der Waals surface area (Å²) in [4.78, 5) is 21.1. The van der Waals surface area contributed by atoms with E-state index in [0.717, 1.165) is 17.7 Å². The van der Waals surface area contributed by atoms with Gasteiger partial charge in [-0.25, -0.2) is 0 Å². The molecule has 0 aliphatic carbocycles. The number of nitro benzene ring substituents is 1. The van der Waals surface area contributed by atoms with Crippen LogP contribution in [0.2, 0.25) is 0 Å². The number of methoxy groups -OCH3 is 1. The molecule has 0 amide bonds. The van der Waals surface area contributed by atoms with Gasteiger partial charge in [-0.3, -0.25) is 14.9 Å². The van der Waals surface area contributed by atoms with Crippen LogP contribution in [0.15, 0.2) is 24.3 Å². The highest BCUT2D eigenvalue weighted by Gasteiger charge is 2.12. The van der Waals surface area contributed by atoms with E-state index in [-0.39, 0.29) is 5.69 Å². The highest BCUT2D eigenvalue weighted by molar-refractivity contribution is 7.99. The second-order valence-corrected chi connectivity index (χ2v) is 5.03. The number of carbonyl (C=O) groups excluding carboxylic acids is 1. The number of aryl methyl sites for hydroxylation is 1. The van der Waals surface area contributed by atoms with Crippen LogP contribution in [0.5, 0.6) is 0 Å². The lowest BCUT2D eigenvalue weighted by molar-refractivity contribution is -0.384. The van der Waals surface area contributed by atoms with Gasteiger partial charge in [0.25, 0.3) is 5.69 Å². The first-order valence-corrected chi connectivity index (χ1v) is 6.84. The fraction of sp³-hybridized carbons (Fsp3) is 0.417. The average molecular weight is 284 g/mol. The van der Waals surface area contributed by atoms with Crippen molar-refractivity contribution in [1.29, 1.82) is 0 Å². The molecule has 1 unspecified atom stereocenters. The number of non-ortho nitro benzene ring substituents is 1. The molecule has 0 aliphatic rings. The van der Waals surface area contributed by atoms with Crippen LogP contribution in [0.25, 0.3) is 0 Å². The Bertz CT molecular complexity index is 436. The number of ether oxygens (including phenoxy) is 1. The molecule has 1 aromatic carbocycles. The molecule has 2 N–H and O–H groups in total. The predicted molar refractivity (Wildman–Crippen MR) is 74.1 cm³/mol. The van der Waals surface area contributed by atoms with Crippen molar-refractivity contribution in [1.82, 2.24) is 0 Å². The van der Waals surface area contributed by atoms with Crippen LogP contribution in [-0.2, 0) is 16.0 Å². The van der Waals surface area contributed by atoms with Gasteiger partial charge in [-0.2, -0.15) is 11.8 Å². The first-order chi connectivity index (χ1) is 9.04. The van der Waals surface area contributed by atoms with E-state index in [9.17, 15) is 14.9 Å². The van der Waals surface area contributed by atoms with Crippen LogP contribution in [0.1, 0.15) is 5.56 Å². The van der Waals surface area contributed by atoms with E-state index >= 15 is 0 Å². The Hall–Kier alpha value is -1.60. The minimum Gasteiger partial charge on any atom is -0.468 e. The Morgan fingerprint density at radius 1 is 1.47 bits per heavy atom. The summed E-state index contributed by atoms with van der Waals surface area (Å²) in [5.41, 5.74) is 6.70. The second-order valence-electron chi connectivity index (χ2n) is 3.88. The molecule has 0 heterocycles. The molecule has 0 saturated carbocycles. The van der Waals surface area contributed by atoms with Crippen LogP contribution < -0.4 is 5.73 Å². The van der Waals surface area contributed by atoms with Gasteiger partial charge in [0.2, 0.25) is 0 Å². The lowest BCUT2D eigenvalue weighted by Gasteiger charge is -2.08. The molecule has 1 rings (SSSR count). The third-order valence-electron chi connectivity index (χ3n) is 2.48. The van der Waals surface area contributed by atoms with Crippen LogP contribution in [-0.4, -0.2) is 35.5 Å². The Morgan fingerprint density at radius 2 is 2.11 bits per heavy atom. The zero-order valence-electron chi connectivity index (χ0n) is 10.6. The minimum absolute atomic E-state index is 0.0871. The van der Waals surface area contributed by atoms with Crippen molar-refractivity contribution >= 4 is 23.4 Å². The Balaban J connectivity index is 2.29. The van der Waals surface area contributed by atoms with Crippen LogP contribution in [0.4, 0.5) is 5.69 Å². The number of benzene rings is 1. The monoisotopic (exact) mass is 284 g/mol. The van der Waals surface area contributed by atoms with E-state index in [0.29, 0.717) is 5.75 Å². The SMILES string of the molecule is COC(=O)C(N)CSCCc1ccc([N+](=O)[O-])cc1. The lowest BCUT2D eigenvalue weighted by Crippen LogP contribution is -2.34. The highest BCUT2D eigenvalue weighted by Crippen LogP contribution is 2.14. The van der Waals surface area contributed by atoms with E-state index in [2.05, 4.69) is 4.74 Å². The van der Waals surface area contributed by atoms with E-state index in [1.807, 2.05) is 0 Å². The maximum Gasteiger partial charge on any atom is 0.323 e. The summed E-state index contributed by atoms with van der Waals surface area (Å²) >= 11 is 1.55. The molecule has 6 nitrogen and oxygen atoms in total. The summed E-state index contributed by atoms with van der Waals surface area (Å²) in [7, 11) is 1.31. The van der Waals surface area contributed by atoms with E-state index in [1.54, 1.807) is 23.9 Å². The van der Waals surface area contributed by atoms with Gasteiger partial charge in [0.15, 0.2) is 0 Å². The quantitative estimate of drug-likeness (QED) is 0.351. The third-order valence-corrected chi connectivity index (χ3v) is 3.57. The number of hydrogen-bond acceptors (Lipinski definition) is 6. The number of esters is 1. The molecule has 0 aliphatic heterocycles. The minimum atomic E-state index is -0.605. The maximum atomic E-state index is 11.1. The van der Waals surface area contributed by atoms with Crippen molar-refractivity contribution in [2.45, 2.75) is 12.5 Å². The van der Waals surface area contributed by atoms with Gasteiger partial charge in [0, 0.05) is 17.9 Å². The van der Waals surface area contributed by atoms with Gasteiger partial charge in [-0.15, -0.1) is 0 Å². The Labute approximate surface area is 115 Å². The number of nitrogens with zero attached hydrogens (tertiary/aromatic N) is 1. The van der Waals surface area contributed by atoms with Crippen LogP contribution in [0.3, 0.4) is 0 Å². The molecule has 1 aromatic rings. The van der Waals surface area contributed by atoms with Gasteiger partial charge in [0.05, 0.1) is 12.0 Å². The normalized spacial score (nSPS) is 11.9. The number of carbonyl (C=O) groups is 1. The smallest absolute Gasteiger partial charge is 0.323 e. The molecule has 0 aromatic heterocycles. The Kier molecular flexibility index (Phi) is 6.31.